The van der Waals surface area contributed by atoms with E-state index >= 15 is 0 Å². The van der Waals surface area contributed by atoms with Crippen LogP contribution >= 0.6 is 0 Å². The van der Waals surface area contributed by atoms with Crippen molar-refractivity contribution in [3.8, 4) is 0 Å². The van der Waals surface area contributed by atoms with Crippen LogP contribution in [0.3, 0.4) is 0 Å². The van der Waals surface area contributed by atoms with Crippen molar-refractivity contribution < 1.29 is 4.74 Å². The number of hydrogen-bond acceptors (Lipinski definition) is 4. The summed E-state index contributed by atoms with van der Waals surface area (Å²) in [5, 5.41) is 2.89. The van der Waals surface area contributed by atoms with Gasteiger partial charge in [-0.2, -0.15) is 0 Å². The van der Waals surface area contributed by atoms with Crippen LogP contribution < -0.4 is 10.9 Å². The van der Waals surface area contributed by atoms with Crippen molar-refractivity contribution in [2.75, 3.05) is 25.6 Å². The number of rotatable bonds is 4. The van der Waals surface area contributed by atoms with Gasteiger partial charge in [-0.15, -0.1) is 0 Å². The first kappa shape index (κ1) is 9.73. The molecule has 13 heavy (non-hydrogen) atoms. The van der Waals surface area contributed by atoms with E-state index in [4.69, 9.17) is 4.74 Å². The Hall–Kier alpha value is -1.36. The summed E-state index contributed by atoms with van der Waals surface area (Å²) in [4.78, 5) is 15.3. The summed E-state index contributed by atoms with van der Waals surface area (Å²) in [6.07, 6.45) is 3.19. The maximum atomic E-state index is 11.4. The molecule has 0 aliphatic heterocycles. The summed E-state index contributed by atoms with van der Waals surface area (Å²) in [6, 6.07) is 0. The zero-order valence-electron chi connectivity index (χ0n) is 7.78. The van der Waals surface area contributed by atoms with Gasteiger partial charge in [-0.1, -0.05) is 0 Å². The summed E-state index contributed by atoms with van der Waals surface area (Å²) in [6.45, 7) is 1.14. The first-order chi connectivity index (χ1) is 6.25. The van der Waals surface area contributed by atoms with Gasteiger partial charge in [0.15, 0.2) is 5.82 Å². The highest BCUT2D eigenvalue weighted by Gasteiger charge is 1.99. The first-order valence-electron chi connectivity index (χ1n) is 4.00. The number of aryl methyl sites for hydroxylation is 1. The summed E-state index contributed by atoms with van der Waals surface area (Å²) in [5.41, 5.74) is -0.126. The molecule has 0 fully saturated rings. The first-order valence-corrected chi connectivity index (χ1v) is 4.00. The molecule has 1 rings (SSSR count). The maximum absolute atomic E-state index is 11.4. The molecule has 1 N–H and O–H groups in total. The number of hydrogen-bond donors (Lipinski definition) is 1. The molecule has 0 amide bonds. The van der Waals surface area contributed by atoms with Crippen molar-refractivity contribution in [2.24, 2.45) is 7.05 Å². The topological polar surface area (TPSA) is 56.1 Å². The Bertz CT molecular complexity index is 321. The molecule has 0 bridgehead atoms. The van der Waals surface area contributed by atoms with E-state index in [1.807, 2.05) is 0 Å². The third-order valence-corrected chi connectivity index (χ3v) is 1.62. The normalized spacial score (nSPS) is 10.0. The third kappa shape index (κ3) is 2.55. The molecular formula is C8H13N3O2. The van der Waals surface area contributed by atoms with E-state index in [0.717, 1.165) is 0 Å². The van der Waals surface area contributed by atoms with Gasteiger partial charge in [0.05, 0.1) is 6.61 Å². The Kier molecular flexibility index (Phi) is 3.45. The molecule has 0 aliphatic carbocycles. The molecule has 0 aromatic carbocycles. The molecule has 0 saturated carbocycles. The lowest BCUT2D eigenvalue weighted by Gasteiger charge is -2.04. The summed E-state index contributed by atoms with van der Waals surface area (Å²) in [7, 11) is 3.30. The second-order valence-corrected chi connectivity index (χ2v) is 2.61. The number of aromatic nitrogens is 2. The number of nitrogens with zero attached hydrogens (tertiary/aromatic N) is 2. The molecule has 0 saturated heterocycles. The Morgan fingerprint density at radius 1 is 1.69 bits per heavy atom. The highest BCUT2D eigenvalue weighted by atomic mass is 16.5. The molecule has 0 unspecified atom stereocenters. The quantitative estimate of drug-likeness (QED) is 0.659. The lowest BCUT2D eigenvalue weighted by Crippen LogP contribution is -2.23. The fourth-order valence-electron chi connectivity index (χ4n) is 0.891. The third-order valence-electron chi connectivity index (χ3n) is 1.62. The van der Waals surface area contributed by atoms with Crippen LogP contribution in [0.2, 0.25) is 0 Å². The van der Waals surface area contributed by atoms with Crippen LogP contribution in [0.15, 0.2) is 17.2 Å². The average molecular weight is 183 g/mol. The van der Waals surface area contributed by atoms with Gasteiger partial charge in [0, 0.05) is 33.1 Å². The Balaban J connectivity index is 2.67. The monoisotopic (exact) mass is 183 g/mol. The van der Waals surface area contributed by atoms with Crippen LogP contribution in [-0.2, 0) is 11.8 Å². The van der Waals surface area contributed by atoms with Crippen LogP contribution in [0.1, 0.15) is 0 Å². The number of methoxy groups -OCH3 is 1. The van der Waals surface area contributed by atoms with Crippen molar-refractivity contribution in [1.29, 1.82) is 0 Å². The number of anilines is 1. The molecular weight excluding hydrogens is 170 g/mol. The molecule has 0 atom stereocenters. The molecule has 72 valence electrons. The van der Waals surface area contributed by atoms with Crippen molar-refractivity contribution in [2.45, 2.75) is 0 Å². The number of nitrogens with one attached hydrogen (secondary N) is 1. The smallest absolute Gasteiger partial charge is 0.293 e. The standard InChI is InChI=1S/C8H13N3O2/c1-11-5-3-9-7(8(11)12)10-4-6-13-2/h3,5H,4,6H2,1-2H3,(H,9,10). The predicted octanol–water partition coefficient (Wildman–Crippen LogP) is -0.161. The van der Waals surface area contributed by atoms with Gasteiger partial charge in [-0.05, 0) is 0 Å². The number of ether oxygens (including phenoxy) is 1. The SMILES string of the molecule is COCCNc1nccn(C)c1=O. The van der Waals surface area contributed by atoms with E-state index in [1.165, 1.54) is 4.57 Å². The fraction of sp³-hybridized carbons (Fsp3) is 0.500. The van der Waals surface area contributed by atoms with Crippen LogP contribution in [0.4, 0.5) is 5.82 Å². The highest BCUT2D eigenvalue weighted by Crippen LogP contribution is 1.89. The van der Waals surface area contributed by atoms with Crippen molar-refractivity contribution in [3.05, 3.63) is 22.7 Å². The summed E-state index contributed by atoms with van der Waals surface area (Å²) in [5.74, 6) is 0.363. The summed E-state index contributed by atoms with van der Waals surface area (Å²) < 4.78 is 6.31. The van der Waals surface area contributed by atoms with E-state index in [-0.39, 0.29) is 5.56 Å². The Morgan fingerprint density at radius 2 is 2.46 bits per heavy atom. The van der Waals surface area contributed by atoms with Crippen LogP contribution in [-0.4, -0.2) is 29.8 Å². The van der Waals surface area contributed by atoms with E-state index in [9.17, 15) is 4.79 Å². The molecule has 5 heteroatoms. The van der Waals surface area contributed by atoms with Gasteiger partial charge in [-0.25, -0.2) is 4.98 Å². The van der Waals surface area contributed by atoms with Gasteiger partial charge in [-0.3, -0.25) is 4.79 Å². The Morgan fingerprint density at radius 3 is 3.15 bits per heavy atom. The highest BCUT2D eigenvalue weighted by molar-refractivity contribution is 5.30. The summed E-state index contributed by atoms with van der Waals surface area (Å²) >= 11 is 0. The van der Waals surface area contributed by atoms with Gasteiger partial charge >= 0.3 is 0 Å². The van der Waals surface area contributed by atoms with Crippen LogP contribution in [0.5, 0.6) is 0 Å². The lowest BCUT2D eigenvalue weighted by molar-refractivity contribution is 0.210. The van der Waals surface area contributed by atoms with Crippen LogP contribution in [0, 0.1) is 0 Å². The Labute approximate surface area is 76.4 Å². The van der Waals surface area contributed by atoms with Gasteiger partial charge in [0.25, 0.3) is 5.56 Å². The minimum atomic E-state index is -0.126. The molecule has 0 spiro atoms. The van der Waals surface area contributed by atoms with Crippen molar-refractivity contribution in [3.63, 3.8) is 0 Å². The van der Waals surface area contributed by atoms with Crippen molar-refractivity contribution in [1.82, 2.24) is 9.55 Å². The van der Waals surface area contributed by atoms with E-state index in [2.05, 4.69) is 10.3 Å². The van der Waals surface area contributed by atoms with E-state index < -0.39 is 0 Å². The molecule has 5 nitrogen and oxygen atoms in total. The van der Waals surface area contributed by atoms with E-state index in [1.54, 1.807) is 26.6 Å². The molecule has 1 heterocycles. The van der Waals surface area contributed by atoms with Gasteiger partial charge in [0.1, 0.15) is 0 Å². The largest absolute Gasteiger partial charge is 0.383 e. The second kappa shape index (κ2) is 4.61. The second-order valence-electron chi connectivity index (χ2n) is 2.61. The zero-order chi connectivity index (χ0) is 9.68. The average Bonchev–Trinajstić information content (AvgIpc) is 2.13. The lowest BCUT2D eigenvalue weighted by atomic mass is 10.5. The van der Waals surface area contributed by atoms with Gasteiger partial charge in [0.2, 0.25) is 0 Å². The fourth-order valence-corrected chi connectivity index (χ4v) is 0.891. The minimum Gasteiger partial charge on any atom is -0.383 e. The molecule has 0 aliphatic rings. The molecule has 1 aromatic rings. The maximum Gasteiger partial charge on any atom is 0.293 e. The minimum absolute atomic E-state index is 0.126. The predicted molar refractivity (Wildman–Crippen MR) is 49.8 cm³/mol. The molecule has 0 radical (unpaired) electrons. The van der Waals surface area contributed by atoms with Gasteiger partial charge < -0.3 is 14.6 Å². The molecule has 1 aromatic heterocycles. The van der Waals surface area contributed by atoms with Crippen LogP contribution in [0.25, 0.3) is 0 Å². The zero-order valence-corrected chi connectivity index (χ0v) is 7.78. The van der Waals surface area contributed by atoms with E-state index in [0.29, 0.717) is 19.0 Å². The van der Waals surface area contributed by atoms with Crippen molar-refractivity contribution >= 4 is 5.82 Å².